The first-order valence-electron chi connectivity index (χ1n) is 3.70. The van der Waals surface area contributed by atoms with Crippen LogP contribution < -0.4 is 5.32 Å². The van der Waals surface area contributed by atoms with Crippen molar-refractivity contribution in [3.63, 3.8) is 0 Å². The highest BCUT2D eigenvalue weighted by Gasteiger charge is 2.18. The number of rotatable bonds is 4. The summed E-state index contributed by atoms with van der Waals surface area (Å²) < 4.78 is 9.74. The molecule has 1 N–H and O–H groups in total. The van der Waals surface area contributed by atoms with E-state index in [0.717, 1.165) is 13.0 Å². The Balaban J connectivity index is 1.96. The van der Waals surface area contributed by atoms with Gasteiger partial charge in [-0.05, 0) is 6.42 Å². The Morgan fingerprint density at radius 2 is 2.55 bits per heavy atom. The zero-order chi connectivity index (χ0) is 8.10. The fraction of sp³-hybridized carbons (Fsp3) is 0.857. The normalized spacial score (nSPS) is 22.5. The summed E-state index contributed by atoms with van der Waals surface area (Å²) in [6.07, 6.45) is 1.28. The number of hydrogen-bond acceptors (Lipinski definition) is 3. The molecule has 1 aliphatic rings. The number of methoxy groups -OCH3 is 1. The molecule has 0 aromatic rings. The lowest BCUT2D eigenvalue weighted by Gasteiger charge is -2.26. The van der Waals surface area contributed by atoms with Crippen molar-refractivity contribution in [2.75, 3.05) is 26.9 Å². The molecule has 4 nitrogen and oxygen atoms in total. The average Bonchev–Trinajstić information content (AvgIpc) is 1.85. The van der Waals surface area contributed by atoms with E-state index in [1.54, 1.807) is 0 Å². The summed E-state index contributed by atoms with van der Waals surface area (Å²) in [4.78, 5) is 10.8. The Morgan fingerprint density at radius 1 is 1.82 bits per heavy atom. The van der Waals surface area contributed by atoms with Gasteiger partial charge in [0.25, 0.3) is 0 Å². The van der Waals surface area contributed by atoms with Gasteiger partial charge in [-0.1, -0.05) is 0 Å². The molecule has 0 saturated carbocycles. The van der Waals surface area contributed by atoms with Crippen LogP contribution in [0.2, 0.25) is 0 Å². The van der Waals surface area contributed by atoms with Crippen LogP contribution in [-0.2, 0) is 14.3 Å². The third kappa shape index (κ3) is 2.86. The number of ether oxygens (including phenoxy) is 2. The predicted molar refractivity (Wildman–Crippen MR) is 39.2 cm³/mol. The molecule has 4 heteroatoms. The van der Waals surface area contributed by atoms with Crippen molar-refractivity contribution in [2.45, 2.75) is 12.5 Å². The smallest absolute Gasteiger partial charge is 0.246 e. The monoisotopic (exact) mass is 159 g/mol. The molecular formula is C7H13NO3. The van der Waals surface area contributed by atoms with Crippen LogP contribution in [-0.4, -0.2) is 38.9 Å². The number of amides is 1. The third-order valence-electron chi connectivity index (χ3n) is 1.60. The third-order valence-corrected chi connectivity index (χ3v) is 1.60. The van der Waals surface area contributed by atoms with Gasteiger partial charge >= 0.3 is 0 Å². The van der Waals surface area contributed by atoms with Crippen LogP contribution in [0.4, 0.5) is 0 Å². The fourth-order valence-electron chi connectivity index (χ4n) is 0.855. The molecule has 11 heavy (non-hydrogen) atoms. The van der Waals surface area contributed by atoms with Crippen molar-refractivity contribution in [1.29, 1.82) is 0 Å². The molecule has 1 amide bonds. The molecule has 1 aliphatic heterocycles. The molecule has 0 aromatic heterocycles. The standard InChI is InChI=1S/C7H13NO3/c1-10-5-7(9)8-4-6-2-3-11-6/h6H,2-5H2,1H3,(H,8,9). The van der Waals surface area contributed by atoms with Gasteiger partial charge in [0, 0.05) is 20.3 Å². The number of carbonyl (C=O) groups excluding carboxylic acids is 1. The summed E-state index contributed by atoms with van der Waals surface area (Å²) in [6.45, 7) is 1.57. The summed E-state index contributed by atoms with van der Waals surface area (Å²) >= 11 is 0. The van der Waals surface area contributed by atoms with Crippen LogP contribution in [0.5, 0.6) is 0 Å². The number of nitrogens with one attached hydrogen (secondary N) is 1. The molecule has 1 atom stereocenters. The maximum Gasteiger partial charge on any atom is 0.246 e. The Kier molecular flexibility index (Phi) is 3.32. The first-order valence-corrected chi connectivity index (χ1v) is 3.70. The average molecular weight is 159 g/mol. The van der Waals surface area contributed by atoms with Crippen molar-refractivity contribution in [3.05, 3.63) is 0 Å². The summed E-state index contributed by atoms with van der Waals surface area (Å²) in [5.74, 6) is -0.0806. The first-order chi connectivity index (χ1) is 5.33. The molecular weight excluding hydrogens is 146 g/mol. The van der Waals surface area contributed by atoms with Gasteiger partial charge in [-0.2, -0.15) is 0 Å². The molecule has 1 saturated heterocycles. The second-order valence-corrected chi connectivity index (χ2v) is 2.52. The van der Waals surface area contributed by atoms with Crippen molar-refractivity contribution in [2.24, 2.45) is 0 Å². The van der Waals surface area contributed by atoms with Crippen LogP contribution in [0.25, 0.3) is 0 Å². The van der Waals surface area contributed by atoms with Gasteiger partial charge in [-0.3, -0.25) is 4.79 Å². The van der Waals surface area contributed by atoms with E-state index in [9.17, 15) is 4.79 Å². The van der Waals surface area contributed by atoms with Crippen LogP contribution in [0.1, 0.15) is 6.42 Å². The predicted octanol–water partition coefficient (Wildman–Crippen LogP) is -0.462. The summed E-state index contributed by atoms with van der Waals surface area (Å²) in [7, 11) is 1.50. The lowest BCUT2D eigenvalue weighted by Crippen LogP contribution is -2.40. The number of carbonyl (C=O) groups is 1. The molecule has 0 radical (unpaired) electrons. The molecule has 0 bridgehead atoms. The van der Waals surface area contributed by atoms with Crippen LogP contribution in [0, 0.1) is 0 Å². The topological polar surface area (TPSA) is 47.6 Å². The molecule has 0 aliphatic carbocycles. The van der Waals surface area contributed by atoms with E-state index >= 15 is 0 Å². The number of hydrogen-bond donors (Lipinski definition) is 1. The molecule has 1 rings (SSSR count). The van der Waals surface area contributed by atoms with Crippen LogP contribution >= 0.6 is 0 Å². The quantitative estimate of drug-likeness (QED) is 0.603. The Morgan fingerprint density at radius 3 is 3.00 bits per heavy atom. The van der Waals surface area contributed by atoms with E-state index in [1.165, 1.54) is 7.11 Å². The van der Waals surface area contributed by atoms with Crippen LogP contribution in [0.3, 0.4) is 0 Å². The second-order valence-electron chi connectivity index (χ2n) is 2.52. The minimum absolute atomic E-state index is 0.0806. The molecule has 1 unspecified atom stereocenters. The highest BCUT2D eigenvalue weighted by molar-refractivity contribution is 5.77. The van der Waals surface area contributed by atoms with Gasteiger partial charge in [-0.15, -0.1) is 0 Å². The van der Waals surface area contributed by atoms with E-state index in [4.69, 9.17) is 4.74 Å². The van der Waals surface area contributed by atoms with Gasteiger partial charge in [0.05, 0.1) is 6.10 Å². The lowest BCUT2D eigenvalue weighted by atomic mass is 10.2. The SMILES string of the molecule is COCC(=O)NCC1CCO1. The van der Waals surface area contributed by atoms with E-state index < -0.39 is 0 Å². The highest BCUT2D eigenvalue weighted by Crippen LogP contribution is 2.08. The second kappa shape index (κ2) is 4.31. The minimum Gasteiger partial charge on any atom is -0.376 e. The van der Waals surface area contributed by atoms with Gasteiger partial charge in [0.15, 0.2) is 0 Å². The van der Waals surface area contributed by atoms with Crippen molar-refractivity contribution >= 4 is 5.91 Å². The zero-order valence-corrected chi connectivity index (χ0v) is 6.63. The van der Waals surface area contributed by atoms with Crippen molar-refractivity contribution in [3.8, 4) is 0 Å². The van der Waals surface area contributed by atoms with Gasteiger partial charge < -0.3 is 14.8 Å². The maximum atomic E-state index is 10.8. The summed E-state index contributed by atoms with van der Waals surface area (Å²) in [6, 6.07) is 0. The Hall–Kier alpha value is -0.610. The Labute approximate surface area is 65.9 Å². The van der Waals surface area contributed by atoms with Crippen molar-refractivity contribution in [1.82, 2.24) is 5.32 Å². The van der Waals surface area contributed by atoms with Gasteiger partial charge in [0.2, 0.25) is 5.91 Å². The molecule has 1 fully saturated rings. The molecule has 64 valence electrons. The zero-order valence-electron chi connectivity index (χ0n) is 6.63. The Bertz CT molecular complexity index is 134. The molecule has 1 heterocycles. The minimum atomic E-state index is -0.0806. The van der Waals surface area contributed by atoms with E-state index in [2.05, 4.69) is 10.1 Å². The first kappa shape index (κ1) is 8.49. The molecule has 0 aromatic carbocycles. The van der Waals surface area contributed by atoms with Gasteiger partial charge in [0.1, 0.15) is 6.61 Å². The molecule has 0 spiro atoms. The summed E-state index contributed by atoms with van der Waals surface area (Å²) in [5.41, 5.74) is 0. The summed E-state index contributed by atoms with van der Waals surface area (Å²) in [5, 5.41) is 2.70. The lowest BCUT2D eigenvalue weighted by molar-refractivity contribution is -0.126. The maximum absolute atomic E-state index is 10.8. The van der Waals surface area contributed by atoms with Gasteiger partial charge in [-0.25, -0.2) is 0 Å². The largest absolute Gasteiger partial charge is 0.376 e. The van der Waals surface area contributed by atoms with Crippen molar-refractivity contribution < 1.29 is 14.3 Å². The van der Waals surface area contributed by atoms with E-state index in [1.807, 2.05) is 0 Å². The van der Waals surface area contributed by atoms with E-state index in [-0.39, 0.29) is 18.6 Å². The van der Waals surface area contributed by atoms with E-state index in [0.29, 0.717) is 6.54 Å². The fourth-order valence-corrected chi connectivity index (χ4v) is 0.855. The highest BCUT2D eigenvalue weighted by atomic mass is 16.5. The van der Waals surface area contributed by atoms with Crippen LogP contribution in [0.15, 0.2) is 0 Å².